The highest BCUT2D eigenvalue weighted by Gasteiger charge is 2.37. The van der Waals surface area contributed by atoms with E-state index in [1.807, 2.05) is 12.1 Å². The Morgan fingerprint density at radius 1 is 0.952 bits per heavy atom. The van der Waals surface area contributed by atoms with Crippen molar-refractivity contribution in [1.29, 1.82) is 0 Å². The second kappa shape index (κ2) is 6.88. The number of nitrogens with two attached hydrogens (primary N) is 1. The molecule has 2 aromatic carbocycles. The van der Waals surface area contributed by atoms with Crippen LogP contribution in [0.2, 0.25) is 0 Å². The molecule has 0 spiro atoms. The van der Waals surface area contributed by atoms with Gasteiger partial charge in [-0.1, -0.05) is 67.6 Å². The summed E-state index contributed by atoms with van der Waals surface area (Å²) in [6, 6.07) is 21.3. The van der Waals surface area contributed by atoms with E-state index in [-0.39, 0.29) is 5.54 Å². The maximum atomic E-state index is 6.97. The van der Waals surface area contributed by atoms with Crippen LogP contribution in [0.5, 0.6) is 0 Å². The van der Waals surface area contributed by atoms with E-state index >= 15 is 0 Å². The molecule has 0 heterocycles. The monoisotopic (exact) mass is 282 g/mol. The van der Waals surface area contributed by atoms with Gasteiger partial charge in [0, 0.05) is 6.04 Å². The SMILES string of the molecule is CCC(N(C)C)C(N)(Cc1ccccc1)c1ccccc1. The molecule has 2 rings (SSSR count). The Labute approximate surface area is 128 Å². The van der Waals surface area contributed by atoms with Crippen molar-refractivity contribution in [2.24, 2.45) is 5.73 Å². The molecule has 0 saturated heterocycles. The molecule has 2 N–H and O–H groups in total. The molecule has 2 unspecified atom stereocenters. The molecule has 0 aliphatic carbocycles. The fourth-order valence-corrected chi connectivity index (χ4v) is 3.28. The zero-order valence-corrected chi connectivity index (χ0v) is 13.3. The van der Waals surface area contributed by atoms with Gasteiger partial charge in [-0.2, -0.15) is 0 Å². The minimum Gasteiger partial charge on any atom is -0.320 e. The van der Waals surface area contributed by atoms with Crippen molar-refractivity contribution in [3.8, 4) is 0 Å². The summed E-state index contributed by atoms with van der Waals surface area (Å²) in [4.78, 5) is 2.25. The van der Waals surface area contributed by atoms with Gasteiger partial charge in [-0.05, 0) is 38.1 Å². The molecule has 0 amide bonds. The first-order valence-corrected chi connectivity index (χ1v) is 7.62. The summed E-state index contributed by atoms with van der Waals surface area (Å²) in [5, 5.41) is 0. The molecule has 2 nitrogen and oxygen atoms in total. The molecule has 2 heteroatoms. The number of hydrogen-bond donors (Lipinski definition) is 1. The molecule has 2 atom stereocenters. The van der Waals surface area contributed by atoms with E-state index in [9.17, 15) is 0 Å². The van der Waals surface area contributed by atoms with Crippen molar-refractivity contribution in [2.45, 2.75) is 31.3 Å². The van der Waals surface area contributed by atoms with Crippen molar-refractivity contribution in [3.05, 3.63) is 71.8 Å². The fraction of sp³-hybridized carbons (Fsp3) is 0.368. The van der Waals surface area contributed by atoms with Crippen LogP contribution in [-0.4, -0.2) is 25.0 Å². The smallest absolute Gasteiger partial charge is 0.0607 e. The van der Waals surface area contributed by atoms with Gasteiger partial charge < -0.3 is 10.6 Å². The summed E-state index contributed by atoms with van der Waals surface area (Å²) in [6.45, 7) is 2.21. The maximum Gasteiger partial charge on any atom is 0.0607 e. The van der Waals surface area contributed by atoms with E-state index < -0.39 is 0 Å². The van der Waals surface area contributed by atoms with Crippen molar-refractivity contribution >= 4 is 0 Å². The van der Waals surface area contributed by atoms with Crippen molar-refractivity contribution < 1.29 is 0 Å². The van der Waals surface area contributed by atoms with E-state index in [0.29, 0.717) is 6.04 Å². The van der Waals surface area contributed by atoms with Crippen LogP contribution in [0.4, 0.5) is 0 Å². The molecule has 0 saturated carbocycles. The first-order valence-electron chi connectivity index (χ1n) is 7.62. The Bertz CT molecular complexity index is 536. The highest BCUT2D eigenvalue weighted by molar-refractivity contribution is 5.30. The average molecular weight is 282 g/mol. The predicted octanol–water partition coefficient (Wildman–Crippen LogP) is 3.42. The van der Waals surface area contributed by atoms with E-state index in [4.69, 9.17) is 5.73 Å². The second-order valence-corrected chi connectivity index (χ2v) is 5.96. The van der Waals surface area contributed by atoms with Gasteiger partial charge in [0.15, 0.2) is 0 Å². The summed E-state index contributed by atoms with van der Waals surface area (Å²) in [5.41, 5.74) is 9.06. The van der Waals surface area contributed by atoms with Crippen LogP contribution in [0.15, 0.2) is 60.7 Å². The van der Waals surface area contributed by atoms with Crippen LogP contribution >= 0.6 is 0 Å². The van der Waals surface area contributed by atoms with Gasteiger partial charge in [-0.15, -0.1) is 0 Å². The number of rotatable bonds is 6. The van der Waals surface area contributed by atoms with Crippen LogP contribution < -0.4 is 5.73 Å². The van der Waals surface area contributed by atoms with Gasteiger partial charge in [0.2, 0.25) is 0 Å². The number of hydrogen-bond acceptors (Lipinski definition) is 2. The topological polar surface area (TPSA) is 29.3 Å². The third-order valence-corrected chi connectivity index (χ3v) is 4.26. The molecule has 0 aliphatic rings. The lowest BCUT2D eigenvalue weighted by Gasteiger charge is -2.41. The summed E-state index contributed by atoms with van der Waals surface area (Å²) in [7, 11) is 4.23. The summed E-state index contributed by atoms with van der Waals surface area (Å²) in [5.74, 6) is 0. The molecular formula is C19H26N2. The average Bonchev–Trinajstić information content (AvgIpc) is 2.49. The minimum absolute atomic E-state index is 0.292. The zero-order chi connectivity index (χ0) is 15.3. The summed E-state index contributed by atoms with van der Waals surface area (Å²) >= 11 is 0. The molecule has 2 aromatic rings. The molecule has 0 radical (unpaired) electrons. The number of likely N-dealkylation sites (N-methyl/N-ethyl adjacent to an activating group) is 1. The van der Waals surface area contributed by atoms with Crippen molar-refractivity contribution in [2.75, 3.05) is 14.1 Å². The lowest BCUT2D eigenvalue weighted by molar-refractivity contribution is 0.168. The Kier molecular flexibility index (Phi) is 5.16. The first kappa shape index (κ1) is 15.7. The maximum absolute atomic E-state index is 6.97. The van der Waals surface area contributed by atoms with E-state index in [1.165, 1.54) is 11.1 Å². The Balaban J connectivity index is 2.43. The Hall–Kier alpha value is -1.64. The third kappa shape index (κ3) is 3.52. The molecule has 21 heavy (non-hydrogen) atoms. The Morgan fingerprint density at radius 2 is 1.48 bits per heavy atom. The Morgan fingerprint density at radius 3 is 1.95 bits per heavy atom. The lowest BCUT2D eigenvalue weighted by Crippen LogP contribution is -2.55. The van der Waals surface area contributed by atoms with Gasteiger partial charge in [-0.3, -0.25) is 0 Å². The predicted molar refractivity (Wildman–Crippen MR) is 90.2 cm³/mol. The van der Waals surface area contributed by atoms with Crippen LogP contribution in [0.1, 0.15) is 24.5 Å². The molecular weight excluding hydrogens is 256 g/mol. The van der Waals surface area contributed by atoms with Crippen LogP contribution in [0.25, 0.3) is 0 Å². The highest BCUT2D eigenvalue weighted by Crippen LogP contribution is 2.30. The van der Waals surface area contributed by atoms with Gasteiger partial charge in [0.25, 0.3) is 0 Å². The molecule has 0 aromatic heterocycles. The molecule has 0 fully saturated rings. The van der Waals surface area contributed by atoms with Crippen LogP contribution in [0.3, 0.4) is 0 Å². The van der Waals surface area contributed by atoms with Crippen molar-refractivity contribution in [3.63, 3.8) is 0 Å². The summed E-state index contributed by atoms with van der Waals surface area (Å²) < 4.78 is 0. The second-order valence-electron chi connectivity index (χ2n) is 5.96. The summed E-state index contributed by atoms with van der Waals surface area (Å²) in [6.07, 6.45) is 1.86. The number of nitrogens with zero attached hydrogens (tertiary/aromatic N) is 1. The van der Waals surface area contributed by atoms with E-state index in [1.54, 1.807) is 0 Å². The van der Waals surface area contributed by atoms with Crippen molar-refractivity contribution in [1.82, 2.24) is 4.90 Å². The minimum atomic E-state index is -0.388. The standard InChI is InChI=1S/C19H26N2/c1-4-18(21(2)3)19(20,17-13-9-6-10-14-17)15-16-11-7-5-8-12-16/h5-14,18H,4,15,20H2,1-3H3. The third-order valence-electron chi connectivity index (χ3n) is 4.26. The molecule has 112 valence electrons. The van der Waals surface area contributed by atoms with Gasteiger partial charge in [0.1, 0.15) is 0 Å². The van der Waals surface area contributed by atoms with Gasteiger partial charge >= 0.3 is 0 Å². The van der Waals surface area contributed by atoms with Gasteiger partial charge in [0.05, 0.1) is 5.54 Å². The molecule has 0 aliphatic heterocycles. The molecule has 0 bridgehead atoms. The zero-order valence-electron chi connectivity index (χ0n) is 13.3. The van der Waals surface area contributed by atoms with Crippen LogP contribution in [-0.2, 0) is 12.0 Å². The van der Waals surface area contributed by atoms with E-state index in [0.717, 1.165) is 12.8 Å². The normalized spacial score (nSPS) is 15.7. The highest BCUT2D eigenvalue weighted by atomic mass is 15.1. The number of benzene rings is 2. The fourth-order valence-electron chi connectivity index (χ4n) is 3.28. The quantitative estimate of drug-likeness (QED) is 0.879. The first-order chi connectivity index (χ1) is 10.1. The largest absolute Gasteiger partial charge is 0.320 e. The van der Waals surface area contributed by atoms with Crippen LogP contribution in [0, 0.1) is 0 Å². The lowest BCUT2D eigenvalue weighted by atomic mass is 9.77. The van der Waals surface area contributed by atoms with Gasteiger partial charge in [-0.25, -0.2) is 0 Å². The van der Waals surface area contributed by atoms with E-state index in [2.05, 4.69) is 74.4 Å².